The Bertz CT molecular complexity index is 469. The molecule has 0 bridgehead atoms. The molecule has 6 heteroatoms. The maximum atomic E-state index is 10.3. The van der Waals surface area contributed by atoms with Crippen molar-refractivity contribution in [3.63, 3.8) is 0 Å². The SMILES string of the molecule is O=S([O-])Oc1ncc(-c2ccccc2)s1. The highest BCUT2D eigenvalue weighted by Crippen LogP contribution is 2.30. The van der Waals surface area contributed by atoms with E-state index in [1.165, 1.54) is 11.3 Å². The summed E-state index contributed by atoms with van der Waals surface area (Å²) in [5.74, 6) is 0. The second-order valence-electron chi connectivity index (χ2n) is 2.64. The van der Waals surface area contributed by atoms with Crippen LogP contribution in [-0.2, 0) is 11.4 Å². The molecule has 0 radical (unpaired) electrons. The third-order valence-electron chi connectivity index (χ3n) is 1.68. The summed E-state index contributed by atoms with van der Waals surface area (Å²) < 4.78 is 25.0. The predicted molar refractivity (Wildman–Crippen MR) is 57.1 cm³/mol. The molecular weight excluding hydrogens is 234 g/mol. The van der Waals surface area contributed by atoms with Crippen molar-refractivity contribution in [3.05, 3.63) is 36.5 Å². The normalized spacial score (nSPS) is 12.3. The van der Waals surface area contributed by atoms with Crippen LogP contribution in [0.5, 0.6) is 5.19 Å². The minimum Gasteiger partial charge on any atom is -0.740 e. The number of rotatable bonds is 3. The molecule has 2 rings (SSSR count). The average molecular weight is 240 g/mol. The van der Waals surface area contributed by atoms with Crippen LogP contribution in [0.4, 0.5) is 0 Å². The van der Waals surface area contributed by atoms with Crippen LogP contribution in [0.2, 0.25) is 0 Å². The highest BCUT2D eigenvalue weighted by Gasteiger charge is 2.04. The Hall–Kier alpha value is -1.24. The first kappa shape index (κ1) is 10.3. The minimum atomic E-state index is -2.56. The van der Waals surface area contributed by atoms with Gasteiger partial charge in [0, 0.05) is 6.20 Å². The van der Waals surface area contributed by atoms with E-state index in [1.54, 1.807) is 6.20 Å². The van der Waals surface area contributed by atoms with E-state index >= 15 is 0 Å². The Labute approximate surface area is 93.0 Å². The van der Waals surface area contributed by atoms with Crippen molar-refractivity contribution in [3.8, 4) is 15.6 Å². The van der Waals surface area contributed by atoms with Gasteiger partial charge in [0.1, 0.15) is 11.4 Å². The van der Waals surface area contributed by atoms with Gasteiger partial charge >= 0.3 is 0 Å². The van der Waals surface area contributed by atoms with E-state index in [-0.39, 0.29) is 5.19 Å². The van der Waals surface area contributed by atoms with Crippen molar-refractivity contribution >= 4 is 22.7 Å². The summed E-state index contributed by atoms with van der Waals surface area (Å²) in [6.07, 6.45) is 1.59. The lowest BCUT2D eigenvalue weighted by atomic mass is 10.2. The molecule has 1 unspecified atom stereocenters. The summed E-state index contributed by atoms with van der Waals surface area (Å²) >= 11 is -1.37. The van der Waals surface area contributed by atoms with Gasteiger partial charge in [0.25, 0.3) is 5.19 Å². The van der Waals surface area contributed by atoms with E-state index in [0.29, 0.717) is 0 Å². The topological polar surface area (TPSA) is 62.2 Å². The van der Waals surface area contributed by atoms with Crippen molar-refractivity contribution in [1.29, 1.82) is 0 Å². The molecule has 0 amide bonds. The fourth-order valence-corrected chi connectivity index (χ4v) is 2.21. The van der Waals surface area contributed by atoms with Gasteiger partial charge in [0.05, 0.1) is 4.88 Å². The maximum absolute atomic E-state index is 10.3. The van der Waals surface area contributed by atoms with Crippen molar-refractivity contribution in [2.24, 2.45) is 0 Å². The average Bonchev–Trinajstić information content (AvgIpc) is 2.67. The van der Waals surface area contributed by atoms with Crippen molar-refractivity contribution in [1.82, 2.24) is 4.98 Å². The molecule has 2 aromatic rings. The Balaban J connectivity index is 2.24. The molecule has 0 saturated carbocycles. The third-order valence-corrected chi connectivity index (χ3v) is 3.01. The fourth-order valence-electron chi connectivity index (χ4n) is 1.09. The van der Waals surface area contributed by atoms with Crippen LogP contribution >= 0.6 is 11.3 Å². The van der Waals surface area contributed by atoms with Gasteiger partial charge < -0.3 is 8.74 Å². The summed E-state index contributed by atoms with van der Waals surface area (Å²) in [7, 11) is 0. The predicted octanol–water partition coefficient (Wildman–Crippen LogP) is 1.98. The van der Waals surface area contributed by atoms with Crippen molar-refractivity contribution in [2.45, 2.75) is 0 Å². The number of hydrogen-bond acceptors (Lipinski definition) is 5. The number of benzene rings is 1. The number of nitrogens with zero attached hydrogens (tertiary/aromatic N) is 1. The summed E-state index contributed by atoms with van der Waals surface area (Å²) in [4.78, 5) is 4.71. The lowest BCUT2D eigenvalue weighted by Crippen LogP contribution is -1.96. The van der Waals surface area contributed by atoms with Crippen molar-refractivity contribution in [2.75, 3.05) is 0 Å². The Morgan fingerprint density at radius 2 is 2.07 bits per heavy atom. The van der Waals surface area contributed by atoms with Gasteiger partial charge in [-0.05, 0) is 5.56 Å². The summed E-state index contributed by atoms with van der Waals surface area (Å²) in [6.45, 7) is 0. The molecule has 0 aliphatic heterocycles. The summed E-state index contributed by atoms with van der Waals surface area (Å²) in [6, 6.07) is 9.56. The quantitative estimate of drug-likeness (QED) is 0.770. The Morgan fingerprint density at radius 3 is 2.73 bits per heavy atom. The Morgan fingerprint density at radius 1 is 1.33 bits per heavy atom. The first-order valence-corrected chi connectivity index (χ1v) is 5.86. The number of hydrogen-bond donors (Lipinski definition) is 0. The van der Waals surface area contributed by atoms with E-state index in [2.05, 4.69) is 9.17 Å². The first-order chi connectivity index (χ1) is 7.25. The lowest BCUT2D eigenvalue weighted by Gasteiger charge is -2.01. The summed E-state index contributed by atoms with van der Waals surface area (Å²) in [5.41, 5.74) is 0.988. The smallest absolute Gasteiger partial charge is 0.288 e. The third kappa shape index (κ3) is 2.62. The van der Waals surface area contributed by atoms with Gasteiger partial charge in [0.2, 0.25) is 0 Å². The molecule has 0 aliphatic rings. The van der Waals surface area contributed by atoms with Crippen LogP contribution in [0, 0.1) is 0 Å². The van der Waals surface area contributed by atoms with Gasteiger partial charge in [-0.2, -0.15) is 0 Å². The standard InChI is InChI=1S/C9H7NO3S2/c11-15(12)13-9-10-6-8(14-9)7-4-2-1-3-5-7/h1-6H,(H,11,12)/p-1. The van der Waals surface area contributed by atoms with E-state index in [0.717, 1.165) is 10.4 Å². The van der Waals surface area contributed by atoms with E-state index < -0.39 is 11.4 Å². The highest BCUT2D eigenvalue weighted by atomic mass is 32.2. The van der Waals surface area contributed by atoms with E-state index in [4.69, 9.17) is 0 Å². The second-order valence-corrected chi connectivity index (χ2v) is 4.21. The summed E-state index contributed by atoms with van der Waals surface area (Å²) in [5, 5.41) is 0.127. The van der Waals surface area contributed by atoms with Crippen LogP contribution in [0.3, 0.4) is 0 Å². The molecule has 1 heterocycles. The maximum Gasteiger partial charge on any atom is 0.288 e. The number of thiazole rings is 1. The largest absolute Gasteiger partial charge is 0.740 e. The fraction of sp³-hybridized carbons (Fsp3) is 0. The molecule has 1 aromatic carbocycles. The van der Waals surface area contributed by atoms with Gasteiger partial charge in [0.15, 0.2) is 0 Å². The molecular formula is C9H6NO3S2-. The first-order valence-electron chi connectivity index (χ1n) is 4.04. The number of aromatic nitrogens is 1. The molecule has 78 valence electrons. The van der Waals surface area contributed by atoms with Crippen LogP contribution in [0.1, 0.15) is 0 Å². The van der Waals surface area contributed by atoms with Gasteiger partial charge in [-0.1, -0.05) is 41.7 Å². The lowest BCUT2D eigenvalue weighted by molar-refractivity contribution is 0.439. The second kappa shape index (κ2) is 4.52. The zero-order valence-corrected chi connectivity index (χ0v) is 9.09. The van der Waals surface area contributed by atoms with Crippen LogP contribution in [0.25, 0.3) is 10.4 Å². The molecule has 1 atom stereocenters. The van der Waals surface area contributed by atoms with Crippen LogP contribution in [-0.4, -0.2) is 13.7 Å². The van der Waals surface area contributed by atoms with E-state index in [1.807, 2.05) is 30.3 Å². The monoisotopic (exact) mass is 240 g/mol. The van der Waals surface area contributed by atoms with Crippen LogP contribution < -0.4 is 4.18 Å². The zero-order valence-electron chi connectivity index (χ0n) is 7.45. The highest BCUT2D eigenvalue weighted by molar-refractivity contribution is 7.74. The van der Waals surface area contributed by atoms with Gasteiger partial charge in [-0.15, -0.1) is 0 Å². The molecule has 0 N–H and O–H groups in total. The molecule has 15 heavy (non-hydrogen) atoms. The van der Waals surface area contributed by atoms with Gasteiger partial charge in [-0.25, -0.2) is 9.19 Å². The van der Waals surface area contributed by atoms with Gasteiger partial charge in [-0.3, -0.25) is 0 Å². The molecule has 0 saturated heterocycles. The van der Waals surface area contributed by atoms with E-state index in [9.17, 15) is 8.76 Å². The molecule has 0 fully saturated rings. The Kier molecular flexibility index (Phi) is 3.10. The molecule has 0 spiro atoms. The zero-order chi connectivity index (χ0) is 10.7. The minimum absolute atomic E-state index is 0.127. The molecule has 0 aliphatic carbocycles. The van der Waals surface area contributed by atoms with Crippen LogP contribution in [0.15, 0.2) is 36.5 Å². The van der Waals surface area contributed by atoms with Crippen molar-refractivity contribution < 1.29 is 12.9 Å². The molecule has 1 aromatic heterocycles. The molecule has 4 nitrogen and oxygen atoms in total.